The Morgan fingerprint density at radius 2 is 0.946 bits per heavy atom. The first-order chi connectivity index (χ1) is 17.4. The largest absolute Gasteiger partial charge is 0.506 e. The van der Waals surface area contributed by atoms with E-state index < -0.39 is 17.9 Å². The van der Waals surface area contributed by atoms with Crippen LogP contribution in [0.1, 0.15) is 22.8 Å². The van der Waals surface area contributed by atoms with Crippen LogP contribution in [-0.2, 0) is 27.5 Å². The van der Waals surface area contributed by atoms with Crippen molar-refractivity contribution in [3.63, 3.8) is 0 Å². The third-order valence-electron chi connectivity index (χ3n) is 5.47. The summed E-state index contributed by atoms with van der Waals surface area (Å²) in [6.45, 7) is 3.20. The number of aryl methyl sites for hydroxylation is 2. The number of aromatic hydroxyl groups is 2. The molecule has 0 aromatic carbocycles. The molecule has 0 bridgehead atoms. The van der Waals surface area contributed by atoms with E-state index >= 15 is 0 Å². The molecule has 2 rings (SSSR count). The van der Waals surface area contributed by atoms with Gasteiger partial charge >= 0.3 is 17.9 Å². The van der Waals surface area contributed by atoms with Crippen LogP contribution in [0.3, 0.4) is 0 Å². The normalized spacial score (nSPS) is 11.4. The molecule has 0 aliphatic rings. The van der Waals surface area contributed by atoms with Gasteiger partial charge in [-0.15, -0.1) is 0 Å². The first-order valence-corrected chi connectivity index (χ1v) is 11.6. The smallest absolute Gasteiger partial charge is 0.317 e. The van der Waals surface area contributed by atoms with Crippen molar-refractivity contribution in [3.05, 3.63) is 47.0 Å². The summed E-state index contributed by atoms with van der Waals surface area (Å²) in [6.07, 6.45) is 0. The van der Waals surface area contributed by atoms with Crippen LogP contribution in [0.25, 0.3) is 0 Å². The summed E-state index contributed by atoms with van der Waals surface area (Å²) >= 11 is 0. The lowest BCUT2D eigenvalue weighted by molar-refractivity contribution is -0.140. The van der Waals surface area contributed by atoms with Crippen molar-refractivity contribution in [2.45, 2.75) is 26.9 Å². The number of pyridine rings is 2. The maximum atomic E-state index is 11.5. The fraction of sp³-hybridized carbons (Fsp3) is 0.458. The van der Waals surface area contributed by atoms with E-state index in [1.807, 2.05) is 0 Å². The van der Waals surface area contributed by atoms with Crippen LogP contribution in [0, 0.1) is 13.8 Å². The minimum atomic E-state index is -1.09. The van der Waals surface area contributed by atoms with Gasteiger partial charge in [0.2, 0.25) is 0 Å². The zero-order chi connectivity index (χ0) is 27.5. The number of aromatic nitrogens is 2. The molecule has 5 N–H and O–H groups in total. The molecule has 0 saturated heterocycles. The van der Waals surface area contributed by atoms with E-state index in [1.165, 1.54) is 21.9 Å². The molecule has 13 heteroatoms. The predicted molar refractivity (Wildman–Crippen MR) is 131 cm³/mol. The summed E-state index contributed by atoms with van der Waals surface area (Å²) in [5, 5.41) is 48.2. The number of carboxylic acids is 3. The van der Waals surface area contributed by atoms with Gasteiger partial charge in [-0.1, -0.05) is 0 Å². The second kappa shape index (κ2) is 14.1. The highest BCUT2D eigenvalue weighted by molar-refractivity contribution is 5.70. The van der Waals surface area contributed by atoms with Gasteiger partial charge in [-0.25, -0.2) is 0 Å². The predicted octanol–water partition coefficient (Wildman–Crippen LogP) is 0.365. The number of aliphatic carboxylic acids is 3. The number of carbonyl (C=O) groups is 3. The average molecular weight is 520 g/mol. The first kappa shape index (κ1) is 29.4. The topological polar surface area (TPSA) is 188 Å². The second-order valence-corrected chi connectivity index (χ2v) is 8.72. The van der Waals surface area contributed by atoms with Crippen LogP contribution in [0.15, 0.2) is 24.3 Å². The van der Waals surface area contributed by atoms with Crippen LogP contribution >= 0.6 is 0 Å². The van der Waals surface area contributed by atoms with Crippen molar-refractivity contribution in [2.24, 2.45) is 0 Å². The van der Waals surface area contributed by atoms with Crippen molar-refractivity contribution in [2.75, 3.05) is 45.8 Å². The molecule has 13 nitrogen and oxygen atoms in total. The minimum Gasteiger partial charge on any atom is -0.506 e. The lowest BCUT2D eigenvalue weighted by atomic mass is 10.2. The summed E-state index contributed by atoms with van der Waals surface area (Å²) in [7, 11) is 0. The van der Waals surface area contributed by atoms with E-state index in [-0.39, 0.29) is 70.4 Å². The Labute approximate surface area is 214 Å². The van der Waals surface area contributed by atoms with Gasteiger partial charge in [0.25, 0.3) is 0 Å². The molecule has 37 heavy (non-hydrogen) atoms. The summed E-state index contributed by atoms with van der Waals surface area (Å²) in [4.78, 5) is 47.4. The van der Waals surface area contributed by atoms with Crippen molar-refractivity contribution >= 4 is 17.9 Å². The molecule has 2 aromatic rings. The van der Waals surface area contributed by atoms with Gasteiger partial charge < -0.3 is 25.5 Å². The Morgan fingerprint density at radius 3 is 1.30 bits per heavy atom. The van der Waals surface area contributed by atoms with Gasteiger partial charge in [0.05, 0.1) is 31.0 Å². The van der Waals surface area contributed by atoms with E-state index in [0.717, 1.165) is 0 Å². The minimum absolute atomic E-state index is 0.0458. The van der Waals surface area contributed by atoms with E-state index in [9.17, 15) is 39.9 Å². The Hall–Kier alpha value is -3.81. The third-order valence-corrected chi connectivity index (χ3v) is 5.47. The van der Waals surface area contributed by atoms with Crippen molar-refractivity contribution < 1.29 is 39.9 Å². The van der Waals surface area contributed by atoms with E-state index in [0.29, 0.717) is 22.8 Å². The van der Waals surface area contributed by atoms with Crippen molar-refractivity contribution in [3.8, 4) is 11.5 Å². The molecule has 0 saturated carbocycles. The molecule has 0 atom stereocenters. The van der Waals surface area contributed by atoms with Crippen LogP contribution in [0.5, 0.6) is 11.5 Å². The molecule has 2 heterocycles. The highest BCUT2D eigenvalue weighted by atomic mass is 16.4. The fourth-order valence-corrected chi connectivity index (χ4v) is 3.70. The zero-order valence-electron chi connectivity index (χ0n) is 20.9. The molecule has 0 fully saturated rings. The average Bonchev–Trinajstić information content (AvgIpc) is 2.79. The van der Waals surface area contributed by atoms with Gasteiger partial charge in [0.15, 0.2) is 0 Å². The van der Waals surface area contributed by atoms with Gasteiger partial charge in [0, 0.05) is 50.7 Å². The lowest BCUT2D eigenvalue weighted by Crippen LogP contribution is -2.43. The van der Waals surface area contributed by atoms with Crippen LogP contribution in [0.2, 0.25) is 0 Å². The fourth-order valence-electron chi connectivity index (χ4n) is 3.70. The molecule has 2 aromatic heterocycles. The highest BCUT2D eigenvalue weighted by Gasteiger charge is 2.19. The number of hydrogen-bond acceptors (Lipinski definition) is 10. The summed E-state index contributed by atoms with van der Waals surface area (Å²) < 4.78 is 0. The van der Waals surface area contributed by atoms with Crippen molar-refractivity contribution in [1.82, 2.24) is 24.7 Å². The summed E-state index contributed by atoms with van der Waals surface area (Å²) in [6, 6.07) is 6.21. The molecular formula is C24H33N5O8. The maximum absolute atomic E-state index is 11.5. The Kier molecular flexibility index (Phi) is 11.2. The molecular weight excluding hydrogens is 486 g/mol. The van der Waals surface area contributed by atoms with Crippen LogP contribution in [-0.4, -0.2) is 114 Å². The highest BCUT2D eigenvalue weighted by Crippen LogP contribution is 2.18. The molecule has 0 aliphatic carbocycles. The quantitative estimate of drug-likeness (QED) is 0.205. The van der Waals surface area contributed by atoms with E-state index in [1.54, 1.807) is 30.9 Å². The van der Waals surface area contributed by atoms with Crippen LogP contribution in [0.4, 0.5) is 0 Å². The number of rotatable bonds is 16. The Morgan fingerprint density at radius 1 is 0.622 bits per heavy atom. The van der Waals surface area contributed by atoms with E-state index in [4.69, 9.17) is 0 Å². The van der Waals surface area contributed by atoms with Gasteiger partial charge in [-0.3, -0.25) is 39.1 Å². The summed E-state index contributed by atoms with van der Waals surface area (Å²) in [5.74, 6) is -3.41. The Balaban J connectivity index is 2.10. The van der Waals surface area contributed by atoms with E-state index in [2.05, 4.69) is 9.97 Å². The maximum Gasteiger partial charge on any atom is 0.317 e. The van der Waals surface area contributed by atoms with Gasteiger partial charge in [-0.2, -0.15) is 0 Å². The number of hydrogen-bond donors (Lipinski definition) is 5. The molecule has 0 spiro atoms. The monoisotopic (exact) mass is 519 g/mol. The third kappa shape index (κ3) is 10.8. The molecule has 0 radical (unpaired) electrons. The lowest BCUT2D eigenvalue weighted by Gasteiger charge is -2.28. The van der Waals surface area contributed by atoms with Crippen molar-refractivity contribution in [1.29, 1.82) is 0 Å². The molecule has 202 valence electrons. The number of nitrogens with zero attached hydrogens (tertiary/aromatic N) is 5. The summed E-state index contributed by atoms with van der Waals surface area (Å²) in [5.41, 5.74) is 1.93. The zero-order valence-corrected chi connectivity index (χ0v) is 20.9. The standard InChI is InChI=1S/C24H33N5O8/c1-16-3-5-20(30)18(25-16)11-28(14-23(34)35)9-7-27(13-22(32)33)8-10-29(15-24(36)37)12-19-21(31)6-4-17(2)26-19/h3-6,30-31H,7-15H2,1-2H3,(H,32,33)(H,34,35)(H,36,37). The molecule has 0 amide bonds. The second-order valence-electron chi connectivity index (χ2n) is 8.72. The number of carboxylic acid groups (broad SMARTS) is 3. The Bertz CT molecular complexity index is 1020. The molecule has 0 aliphatic heterocycles. The molecule has 0 unspecified atom stereocenters. The SMILES string of the molecule is Cc1ccc(O)c(CN(CCN(CCN(CC(=O)O)Cc2nc(C)ccc2O)CC(=O)O)CC(=O)O)n1. The van der Waals surface area contributed by atoms with Gasteiger partial charge in [0.1, 0.15) is 11.5 Å². The first-order valence-electron chi connectivity index (χ1n) is 11.6. The van der Waals surface area contributed by atoms with Gasteiger partial charge in [-0.05, 0) is 38.1 Å². The van der Waals surface area contributed by atoms with Crippen LogP contribution < -0.4 is 0 Å².